The molecule has 0 spiro atoms. The Morgan fingerprint density at radius 1 is 1.24 bits per heavy atom. The van der Waals surface area contributed by atoms with Crippen LogP contribution >= 0.6 is 0 Å². The molecule has 0 amide bonds. The fourth-order valence-electron chi connectivity index (χ4n) is 4.98. The summed E-state index contributed by atoms with van der Waals surface area (Å²) in [6, 6.07) is 5.05. The van der Waals surface area contributed by atoms with Crippen molar-refractivity contribution in [2.45, 2.75) is 51.1 Å². The third-order valence-corrected chi connectivity index (χ3v) is 5.95. The number of piperidine rings is 1. The first-order chi connectivity index (χ1) is 10.1. The van der Waals surface area contributed by atoms with Gasteiger partial charge in [0.2, 0.25) is 0 Å². The Morgan fingerprint density at radius 3 is 2.90 bits per heavy atom. The van der Waals surface area contributed by atoms with E-state index in [-0.39, 0.29) is 0 Å². The Kier molecular flexibility index (Phi) is 3.23. The predicted molar refractivity (Wildman–Crippen MR) is 84.7 cm³/mol. The summed E-state index contributed by atoms with van der Waals surface area (Å²) in [6.07, 6.45) is 3.84. The van der Waals surface area contributed by atoms with Crippen LogP contribution in [0.3, 0.4) is 0 Å². The number of nitrogens with zero attached hydrogens (tertiary/aromatic N) is 1. The minimum Gasteiger partial charge on any atom is -0.508 e. The third-order valence-electron chi connectivity index (χ3n) is 5.95. The number of aromatic hydroxyl groups is 1. The average Bonchev–Trinajstić information content (AvgIpc) is 3.04. The fourth-order valence-corrected chi connectivity index (χ4v) is 4.98. The van der Waals surface area contributed by atoms with Gasteiger partial charge in [0.05, 0.1) is 0 Å². The van der Waals surface area contributed by atoms with Crippen molar-refractivity contribution in [2.24, 2.45) is 5.92 Å². The molecule has 1 aromatic carbocycles. The molecule has 2 heterocycles. The van der Waals surface area contributed by atoms with Crippen LogP contribution in [0.25, 0.3) is 0 Å². The van der Waals surface area contributed by atoms with Crippen molar-refractivity contribution in [3.05, 3.63) is 28.8 Å². The zero-order chi connectivity index (χ0) is 14.6. The molecule has 0 bridgehead atoms. The number of phenols is 1. The summed E-state index contributed by atoms with van der Waals surface area (Å²) in [5.74, 6) is 1.88. The van der Waals surface area contributed by atoms with Crippen molar-refractivity contribution in [1.29, 1.82) is 0 Å². The van der Waals surface area contributed by atoms with Crippen molar-refractivity contribution >= 4 is 0 Å². The van der Waals surface area contributed by atoms with Crippen molar-refractivity contribution < 1.29 is 5.11 Å². The van der Waals surface area contributed by atoms with Crippen LogP contribution in [0.2, 0.25) is 0 Å². The van der Waals surface area contributed by atoms with Gasteiger partial charge in [-0.25, -0.2) is 0 Å². The van der Waals surface area contributed by atoms with Gasteiger partial charge in [0.15, 0.2) is 0 Å². The molecule has 1 aliphatic carbocycles. The molecule has 0 saturated carbocycles. The van der Waals surface area contributed by atoms with E-state index in [0.717, 1.165) is 18.9 Å². The zero-order valence-corrected chi connectivity index (χ0v) is 13.1. The largest absolute Gasteiger partial charge is 0.508 e. The minimum atomic E-state index is 0.419. The molecule has 2 saturated heterocycles. The number of aryl methyl sites for hydroxylation is 1. The van der Waals surface area contributed by atoms with Gasteiger partial charge in [-0.1, -0.05) is 13.0 Å². The third kappa shape index (κ3) is 2.09. The van der Waals surface area contributed by atoms with Crippen LogP contribution in [0.1, 0.15) is 54.8 Å². The zero-order valence-electron chi connectivity index (χ0n) is 13.1. The first-order valence-corrected chi connectivity index (χ1v) is 8.45. The van der Waals surface area contributed by atoms with Gasteiger partial charge < -0.3 is 10.4 Å². The second-order valence-electron chi connectivity index (χ2n) is 7.30. The monoisotopic (exact) mass is 286 g/mol. The number of phenolic OH excluding ortho intramolecular Hbond substituents is 1. The van der Waals surface area contributed by atoms with Crippen LogP contribution in [0.15, 0.2) is 12.1 Å². The first kappa shape index (κ1) is 13.6. The highest BCUT2D eigenvalue weighted by atomic mass is 16.3. The molecule has 2 N–H and O–H groups in total. The summed E-state index contributed by atoms with van der Waals surface area (Å²) in [4.78, 5) is 2.63. The standard InChI is InChI=1S/C18H26N2O/c1-11-5-6-16(21)18-15(8-12(2)17(11)18)20-9-13-4-3-7-19-14(13)10-20/h5-6,12-15,19,21H,3-4,7-10H2,1-2H3. The van der Waals surface area contributed by atoms with Crippen molar-refractivity contribution in [2.75, 3.05) is 19.6 Å². The molecule has 114 valence electrons. The summed E-state index contributed by atoms with van der Waals surface area (Å²) < 4.78 is 0. The van der Waals surface area contributed by atoms with Gasteiger partial charge in [0.25, 0.3) is 0 Å². The summed E-state index contributed by atoms with van der Waals surface area (Å²) >= 11 is 0. The molecule has 2 aliphatic heterocycles. The quantitative estimate of drug-likeness (QED) is 0.833. The minimum absolute atomic E-state index is 0.419. The Bertz CT molecular complexity index is 542. The normalized spacial score (nSPS) is 35.7. The Balaban J connectivity index is 1.65. The van der Waals surface area contributed by atoms with Gasteiger partial charge in [-0.3, -0.25) is 4.90 Å². The molecule has 4 unspecified atom stereocenters. The van der Waals surface area contributed by atoms with Gasteiger partial charge in [-0.15, -0.1) is 0 Å². The topological polar surface area (TPSA) is 35.5 Å². The number of rotatable bonds is 1. The van der Waals surface area contributed by atoms with E-state index in [4.69, 9.17) is 0 Å². The van der Waals surface area contributed by atoms with E-state index >= 15 is 0 Å². The highest BCUT2D eigenvalue weighted by Crippen LogP contribution is 2.49. The second kappa shape index (κ2) is 4.99. The number of fused-ring (bicyclic) bond motifs is 2. The van der Waals surface area contributed by atoms with Crippen molar-refractivity contribution in [3.63, 3.8) is 0 Å². The molecule has 0 radical (unpaired) electrons. The van der Waals surface area contributed by atoms with E-state index < -0.39 is 0 Å². The number of benzene rings is 1. The molecular weight excluding hydrogens is 260 g/mol. The first-order valence-electron chi connectivity index (χ1n) is 8.45. The summed E-state index contributed by atoms with van der Waals surface area (Å²) in [5.41, 5.74) is 3.97. The van der Waals surface area contributed by atoms with Crippen LogP contribution < -0.4 is 5.32 Å². The molecule has 3 nitrogen and oxygen atoms in total. The molecule has 21 heavy (non-hydrogen) atoms. The Hall–Kier alpha value is -1.06. The second-order valence-corrected chi connectivity index (χ2v) is 7.30. The number of hydrogen-bond acceptors (Lipinski definition) is 3. The maximum absolute atomic E-state index is 10.4. The number of hydrogen-bond donors (Lipinski definition) is 2. The molecule has 2 fully saturated rings. The van der Waals surface area contributed by atoms with E-state index in [1.807, 2.05) is 6.07 Å². The summed E-state index contributed by atoms with van der Waals surface area (Å²) in [5, 5.41) is 14.1. The SMILES string of the molecule is Cc1ccc(O)c2c1C(C)CC2N1CC2CCCNC2C1. The van der Waals surface area contributed by atoms with Crippen molar-refractivity contribution in [3.8, 4) is 5.75 Å². The smallest absolute Gasteiger partial charge is 0.120 e. The van der Waals surface area contributed by atoms with E-state index in [2.05, 4.69) is 30.1 Å². The lowest BCUT2D eigenvalue weighted by Gasteiger charge is -2.25. The number of likely N-dealkylation sites (tertiary alicyclic amines) is 1. The molecule has 4 rings (SSSR count). The van der Waals surface area contributed by atoms with Gasteiger partial charge >= 0.3 is 0 Å². The maximum Gasteiger partial charge on any atom is 0.120 e. The summed E-state index contributed by atoms with van der Waals surface area (Å²) in [6.45, 7) is 8.02. The fraction of sp³-hybridized carbons (Fsp3) is 0.667. The van der Waals surface area contributed by atoms with Crippen LogP contribution in [-0.4, -0.2) is 35.7 Å². The van der Waals surface area contributed by atoms with Gasteiger partial charge in [0, 0.05) is 30.7 Å². The molecular formula is C18H26N2O. The molecule has 0 aromatic heterocycles. The van der Waals surface area contributed by atoms with Crippen LogP contribution in [-0.2, 0) is 0 Å². The lowest BCUT2D eigenvalue weighted by molar-refractivity contribution is 0.225. The van der Waals surface area contributed by atoms with E-state index in [9.17, 15) is 5.11 Å². The van der Waals surface area contributed by atoms with E-state index in [1.165, 1.54) is 42.6 Å². The van der Waals surface area contributed by atoms with Crippen LogP contribution in [0, 0.1) is 12.8 Å². The van der Waals surface area contributed by atoms with Gasteiger partial charge in [-0.2, -0.15) is 0 Å². The summed E-state index contributed by atoms with van der Waals surface area (Å²) in [7, 11) is 0. The lowest BCUT2D eigenvalue weighted by atomic mass is 9.94. The maximum atomic E-state index is 10.4. The van der Waals surface area contributed by atoms with Gasteiger partial charge in [-0.05, 0) is 61.8 Å². The molecule has 4 atom stereocenters. The molecule has 3 aliphatic rings. The van der Waals surface area contributed by atoms with Crippen LogP contribution in [0.4, 0.5) is 0 Å². The van der Waals surface area contributed by atoms with Crippen molar-refractivity contribution in [1.82, 2.24) is 10.2 Å². The lowest BCUT2D eigenvalue weighted by Crippen LogP contribution is -2.40. The number of nitrogens with one attached hydrogen (secondary N) is 1. The highest BCUT2D eigenvalue weighted by molar-refractivity contribution is 5.51. The molecule has 1 aromatic rings. The molecule has 3 heteroatoms. The average molecular weight is 286 g/mol. The van der Waals surface area contributed by atoms with Crippen LogP contribution in [0.5, 0.6) is 5.75 Å². The van der Waals surface area contributed by atoms with E-state index in [1.54, 1.807) is 0 Å². The van der Waals surface area contributed by atoms with E-state index in [0.29, 0.717) is 23.8 Å². The highest BCUT2D eigenvalue weighted by Gasteiger charge is 2.42. The Morgan fingerprint density at radius 2 is 2.10 bits per heavy atom. The van der Waals surface area contributed by atoms with Gasteiger partial charge in [0.1, 0.15) is 5.75 Å². The Labute approximate surface area is 127 Å². The predicted octanol–water partition coefficient (Wildman–Crippen LogP) is 2.93.